The van der Waals surface area contributed by atoms with Crippen LogP contribution < -0.4 is 0 Å². The molecule has 92 valence electrons. The summed E-state index contributed by atoms with van der Waals surface area (Å²) in [6.07, 6.45) is 0. The minimum absolute atomic E-state index is 0.365. The summed E-state index contributed by atoms with van der Waals surface area (Å²) in [6.45, 7) is 6.26. The van der Waals surface area contributed by atoms with E-state index in [1.165, 1.54) is 4.31 Å². The third-order valence-corrected chi connectivity index (χ3v) is 6.18. The molecule has 1 rings (SSSR count). The van der Waals surface area contributed by atoms with Gasteiger partial charge in [-0.15, -0.1) is 11.3 Å². The largest absolute Gasteiger partial charge is 0.216 e. The van der Waals surface area contributed by atoms with Crippen LogP contribution in [0.4, 0.5) is 0 Å². The van der Waals surface area contributed by atoms with Gasteiger partial charge in [0.1, 0.15) is 0 Å². The molecule has 16 heavy (non-hydrogen) atoms. The highest BCUT2D eigenvalue weighted by Crippen LogP contribution is 2.24. The fraction of sp³-hybridized carbons (Fsp3) is 0.600. The van der Waals surface area contributed by atoms with Crippen LogP contribution in [0.5, 0.6) is 0 Å². The molecule has 0 saturated carbocycles. The lowest BCUT2D eigenvalue weighted by Crippen LogP contribution is -2.35. The Bertz CT molecular complexity index is 439. The van der Waals surface area contributed by atoms with Gasteiger partial charge >= 0.3 is 0 Å². The molecule has 0 saturated heterocycles. The van der Waals surface area contributed by atoms with Gasteiger partial charge in [-0.05, 0) is 41.9 Å². The molecule has 0 spiro atoms. The fourth-order valence-electron chi connectivity index (χ4n) is 1.29. The standard InChI is InChI=1S/C10H16BrNO2S2/c1-4-12(16(13,14)8(2)3)7-9-5-6-10(11)15-9/h5-6,8H,4,7H2,1-3H3. The molecule has 0 N–H and O–H groups in total. The zero-order valence-electron chi connectivity index (χ0n) is 9.60. The number of nitrogens with zero attached hydrogens (tertiary/aromatic N) is 1. The van der Waals surface area contributed by atoms with Crippen molar-refractivity contribution in [3.63, 3.8) is 0 Å². The first kappa shape index (κ1) is 14.2. The zero-order chi connectivity index (χ0) is 12.3. The van der Waals surface area contributed by atoms with E-state index in [4.69, 9.17) is 0 Å². The average Bonchev–Trinajstić information content (AvgIpc) is 2.60. The van der Waals surface area contributed by atoms with Gasteiger partial charge in [-0.25, -0.2) is 8.42 Å². The number of sulfonamides is 1. The second-order valence-electron chi connectivity index (χ2n) is 3.73. The second kappa shape index (κ2) is 5.62. The lowest BCUT2D eigenvalue weighted by atomic mass is 10.4. The Morgan fingerprint density at radius 2 is 2.06 bits per heavy atom. The van der Waals surface area contributed by atoms with Gasteiger partial charge in [0.2, 0.25) is 10.0 Å². The summed E-state index contributed by atoms with van der Waals surface area (Å²) in [5.74, 6) is 0. The number of hydrogen-bond acceptors (Lipinski definition) is 3. The highest BCUT2D eigenvalue weighted by atomic mass is 79.9. The maximum Gasteiger partial charge on any atom is 0.216 e. The smallest absolute Gasteiger partial charge is 0.212 e. The molecule has 0 bridgehead atoms. The van der Waals surface area contributed by atoms with Crippen molar-refractivity contribution in [3.8, 4) is 0 Å². The van der Waals surface area contributed by atoms with Gasteiger partial charge in [-0.3, -0.25) is 0 Å². The van der Waals surface area contributed by atoms with Crippen LogP contribution in [0.15, 0.2) is 15.9 Å². The average molecular weight is 326 g/mol. The molecule has 0 aliphatic carbocycles. The predicted molar refractivity (Wildman–Crippen MR) is 72.2 cm³/mol. The summed E-state index contributed by atoms with van der Waals surface area (Å²) in [5.41, 5.74) is 0. The molecule has 3 nitrogen and oxygen atoms in total. The zero-order valence-corrected chi connectivity index (χ0v) is 12.8. The third kappa shape index (κ3) is 3.29. The first-order chi connectivity index (χ1) is 7.37. The van der Waals surface area contributed by atoms with Crippen LogP contribution >= 0.6 is 27.3 Å². The second-order valence-corrected chi connectivity index (χ2v) is 8.76. The van der Waals surface area contributed by atoms with E-state index in [9.17, 15) is 8.42 Å². The van der Waals surface area contributed by atoms with Crippen molar-refractivity contribution in [3.05, 3.63) is 20.8 Å². The number of thiophene rings is 1. The van der Waals surface area contributed by atoms with Gasteiger partial charge in [-0.2, -0.15) is 4.31 Å². The van der Waals surface area contributed by atoms with Crippen LogP contribution in [0.25, 0.3) is 0 Å². The molecule has 1 aromatic heterocycles. The van der Waals surface area contributed by atoms with Crippen LogP contribution in [-0.4, -0.2) is 24.5 Å². The van der Waals surface area contributed by atoms with E-state index in [1.807, 2.05) is 19.1 Å². The molecular weight excluding hydrogens is 310 g/mol. The summed E-state index contributed by atoms with van der Waals surface area (Å²) in [4.78, 5) is 1.05. The first-order valence-corrected chi connectivity index (χ1v) is 8.22. The van der Waals surface area contributed by atoms with Gasteiger partial charge in [0.05, 0.1) is 9.04 Å². The Labute approximate surface area is 110 Å². The Kier molecular flexibility index (Phi) is 4.97. The number of rotatable bonds is 5. The molecule has 6 heteroatoms. The molecule has 0 aromatic carbocycles. The Balaban J connectivity index is 2.85. The van der Waals surface area contributed by atoms with Crippen molar-refractivity contribution in [1.82, 2.24) is 4.31 Å². The number of hydrogen-bond donors (Lipinski definition) is 0. The van der Waals surface area contributed by atoms with Gasteiger partial charge in [-0.1, -0.05) is 6.92 Å². The van der Waals surface area contributed by atoms with Crippen LogP contribution in [0, 0.1) is 0 Å². The van der Waals surface area contributed by atoms with Crippen LogP contribution in [0.2, 0.25) is 0 Å². The molecule has 1 aromatic rings. The Morgan fingerprint density at radius 1 is 1.44 bits per heavy atom. The van der Waals surface area contributed by atoms with Crippen molar-refractivity contribution < 1.29 is 8.42 Å². The Morgan fingerprint density at radius 3 is 2.44 bits per heavy atom. The SMILES string of the molecule is CCN(Cc1ccc(Br)s1)S(=O)(=O)C(C)C. The lowest BCUT2D eigenvalue weighted by molar-refractivity contribution is 0.421. The van der Waals surface area contributed by atoms with Crippen LogP contribution in [-0.2, 0) is 16.6 Å². The van der Waals surface area contributed by atoms with Gasteiger partial charge in [0.25, 0.3) is 0 Å². The van der Waals surface area contributed by atoms with Crippen molar-refractivity contribution in [2.75, 3.05) is 6.54 Å². The van der Waals surface area contributed by atoms with Crippen LogP contribution in [0.1, 0.15) is 25.6 Å². The van der Waals surface area contributed by atoms with E-state index in [1.54, 1.807) is 25.2 Å². The van der Waals surface area contributed by atoms with Crippen molar-refractivity contribution in [2.45, 2.75) is 32.6 Å². The van der Waals surface area contributed by atoms with Gasteiger partial charge in [0, 0.05) is 18.0 Å². The maximum absolute atomic E-state index is 12.0. The minimum Gasteiger partial charge on any atom is -0.212 e. The fourth-order valence-corrected chi connectivity index (χ4v) is 4.15. The summed E-state index contributed by atoms with van der Waals surface area (Å²) >= 11 is 4.94. The molecule has 0 unspecified atom stereocenters. The summed E-state index contributed by atoms with van der Waals surface area (Å²) < 4.78 is 26.5. The molecule has 0 fully saturated rings. The molecule has 0 amide bonds. The van der Waals surface area contributed by atoms with Gasteiger partial charge < -0.3 is 0 Å². The van der Waals surface area contributed by atoms with Crippen molar-refractivity contribution in [2.24, 2.45) is 0 Å². The summed E-state index contributed by atoms with van der Waals surface area (Å²) in [5, 5.41) is -0.365. The van der Waals surface area contributed by atoms with Gasteiger partial charge in [0.15, 0.2) is 0 Å². The Hall–Kier alpha value is 0.0900. The first-order valence-electron chi connectivity index (χ1n) is 5.11. The lowest BCUT2D eigenvalue weighted by Gasteiger charge is -2.22. The molecular formula is C10H16BrNO2S2. The quantitative estimate of drug-likeness (QED) is 0.834. The topological polar surface area (TPSA) is 37.4 Å². The van der Waals surface area contributed by atoms with E-state index in [2.05, 4.69) is 15.9 Å². The van der Waals surface area contributed by atoms with E-state index in [0.29, 0.717) is 13.1 Å². The van der Waals surface area contributed by atoms with Crippen molar-refractivity contribution >= 4 is 37.3 Å². The molecule has 0 atom stereocenters. The molecule has 1 heterocycles. The van der Waals surface area contributed by atoms with E-state index in [0.717, 1.165) is 8.66 Å². The van der Waals surface area contributed by atoms with E-state index < -0.39 is 10.0 Å². The maximum atomic E-state index is 12.0. The molecule has 0 aliphatic rings. The van der Waals surface area contributed by atoms with E-state index >= 15 is 0 Å². The predicted octanol–water partition coefficient (Wildman–Crippen LogP) is 3.07. The normalized spacial score (nSPS) is 12.6. The molecule has 0 aliphatic heterocycles. The van der Waals surface area contributed by atoms with Crippen LogP contribution in [0.3, 0.4) is 0 Å². The summed E-state index contributed by atoms with van der Waals surface area (Å²) in [6, 6.07) is 3.89. The highest BCUT2D eigenvalue weighted by Gasteiger charge is 2.24. The monoisotopic (exact) mass is 325 g/mol. The third-order valence-electron chi connectivity index (χ3n) is 2.27. The van der Waals surface area contributed by atoms with Crippen molar-refractivity contribution in [1.29, 1.82) is 0 Å². The number of halogens is 1. The highest BCUT2D eigenvalue weighted by molar-refractivity contribution is 9.11. The summed E-state index contributed by atoms with van der Waals surface area (Å²) in [7, 11) is -3.15. The minimum atomic E-state index is -3.15. The van der Waals surface area contributed by atoms with E-state index in [-0.39, 0.29) is 5.25 Å². The molecule has 0 radical (unpaired) electrons.